The first-order chi connectivity index (χ1) is 7.56. The van der Waals surface area contributed by atoms with Crippen LogP contribution in [0.5, 0.6) is 0 Å². The molecule has 6 nitrogen and oxygen atoms in total. The van der Waals surface area contributed by atoms with Crippen LogP contribution in [0.2, 0.25) is 0 Å². The predicted molar refractivity (Wildman–Crippen MR) is 51.8 cm³/mol. The molecule has 0 N–H and O–H groups in total. The van der Waals surface area contributed by atoms with Crippen molar-refractivity contribution < 1.29 is 28.9 Å². The van der Waals surface area contributed by atoms with E-state index in [2.05, 4.69) is 9.47 Å². The lowest BCUT2D eigenvalue weighted by Crippen LogP contribution is -2.44. The summed E-state index contributed by atoms with van der Waals surface area (Å²) in [6, 6.07) is 0. The summed E-state index contributed by atoms with van der Waals surface area (Å²) < 4.78 is 7.74. The summed E-state index contributed by atoms with van der Waals surface area (Å²) in [5, 5.41) is 12.0. The average molecular weight is 227 g/mol. The number of amides is 1. The van der Waals surface area contributed by atoms with Crippen molar-refractivity contribution in [3.05, 3.63) is 24.0 Å². The third-order valence-corrected chi connectivity index (χ3v) is 1.93. The summed E-state index contributed by atoms with van der Waals surface area (Å²) in [6.45, 7) is 3.41. The fourth-order valence-corrected chi connectivity index (χ4v) is 1.23. The van der Waals surface area contributed by atoms with Gasteiger partial charge in [-0.15, -0.1) is 0 Å². The van der Waals surface area contributed by atoms with Crippen LogP contribution in [0.25, 0.3) is 0 Å². The molecule has 1 amide bonds. The van der Waals surface area contributed by atoms with Crippen LogP contribution in [0.4, 0.5) is 4.79 Å². The van der Waals surface area contributed by atoms with Gasteiger partial charge in [-0.25, -0.2) is 4.79 Å². The van der Waals surface area contributed by atoms with Crippen LogP contribution < -0.4 is 0 Å². The van der Waals surface area contributed by atoms with Crippen molar-refractivity contribution in [2.75, 3.05) is 13.2 Å². The number of allylic oxidation sites excluding steroid dienone is 2. The molecule has 1 aliphatic heterocycles. The minimum atomic E-state index is -1.55. The van der Waals surface area contributed by atoms with E-state index >= 15 is 0 Å². The highest BCUT2D eigenvalue weighted by Gasteiger charge is 2.50. The van der Waals surface area contributed by atoms with Gasteiger partial charge in [0.25, 0.3) is 5.70 Å². The summed E-state index contributed by atoms with van der Waals surface area (Å²) in [5.41, 5.74) is -0.291. The van der Waals surface area contributed by atoms with Crippen molar-refractivity contribution in [1.29, 1.82) is 0 Å². The molecule has 0 spiro atoms. The number of hydroxylamine groups is 3. The average Bonchev–Trinajstić information content (AvgIpc) is 2.62. The SMILES string of the molecule is CCOC(=O)C1=CC=C[N+]1([O])C(=O)OCC. The predicted octanol–water partition coefficient (Wildman–Crippen LogP) is 1.28. The number of rotatable bonds is 3. The Morgan fingerprint density at radius 2 is 1.88 bits per heavy atom. The molecule has 0 fully saturated rings. The van der Waals surface area contributed by atoms with Gasteiger partial charge in [0, 0.05) is 22.0 Å². The summed E-state index contributed by atoms with van der Waals surface area (Å²) in [6.07, 6.45) is 2.57. The highest BCUT2D eigenvalue weighted by molar-refractivity contribution is 5.89. The van der Waals surface area contributed by atoms with E-state index in [0.29, 0.717) is 0 Å². The normalized spacial score (nSPS) is 22.8. The molecule has 1 rings (SSSR count). The van der Waals surface area contributed by atoms with Gasteiger partial charge in [0.1, 0.15) is 6.20 Å². The number of carbonyl (C=O) groups is 2. The number of esters is 1. The van der Waals surface area contributed by atoms with Crippen molar-refractivity contribution in [3.8, 4) is 0 Å². The van der Waals surface area contributed by atoms with Gasteiger partial charge in [-0.1, -0.05) is 0 Å². The lowest BCUT2D eigenvalue weighted by Gasteiger charge is -2.16. The molecule has 0 aromatic heterocycles. The molecule has 6 heteroatoms. The maximum Gasteiger partial charge on any atom is 0.563 e. The van der Waals surface area contributed by atoms with Gasteiger partial charge in [-0.05, 0) is 13.8 Å². The second-order valence-electron chi connectivity index (χ2n) is 2.97. The lowest BCUT2D eigenvalue weighted by molar-refractivity contribution is -0.994. The van der Waals surface area contributed by atoms with Crippen LogP contribution in [-0.2, 0) is 19.5 Å². The second kappa shape index (κ2) is 4.91. The fourth-order valence-electron chi connectivity index (χ4n) is 1.23. The number of nitrogens with zero attached hydrogens (tertiary/aromatic N) is 1. The standard InChI is InChI=1S/C10H13NO5/c1-3-15-9(12)8-6-5-7-11(8,14)10(13)16-4-2/h5-7H,3-4H2,1-2H3/q+1. The van der Waals surface area contributed by atoms with Crippen LogP contribution in [0, 0.1) is 0 Å². The van der Waals surface area contributed by atoms with Crippen molar-refractivity contribution in [2.24, 2.45) is 0 Å². The summed E-state index contributed by atoms with van der Waals surface area (Å²) >= 11 is 0. The number of hydrogen-bond acceptors (Lipinski definition) is 4. The largest absolute Gasteiger partial charge is 0.563 e. The van der Waals surface area contributed by atoms with Gasteiger partial charge in [0.15, 0.2) is 0 Å². The Morgan fingerprint density at radius 1 is 1.25 bits per heavy atom. The first-order valence-corrected chi connectivity index (χ1v) is 4.90. The monoisotopic (exact) mass is 227 g/mol. The van der Waals surface area contributed by atoms with E-state index in [1.807, 2.05) is 0 Å². The molecule has 1 aliphatic rings. The van der Waals surface area contributed by atoms with Crippen molar-refractivity contribution in [2.45, 2.75) is 13.8 Å². The van der Waals surface area contributed by atoms with Crippen LogP contribution in [0.3, 0.4) is 0 Å². The summed E-state index contributed by atoms with van der Waals surface area (Å²) in [7, 11) is 0. The highest BCUT2D eigenvalue weighted by Crippen LogP contribution is 2.25. The first kappa shape index (κ1) is 12.4. The smallest absolute Gasteiger partial charge is 0.458 e. The molecule has 1 atom stereocenters. The number of quaternary nitrogens is 1. The van der Waals surface area contributed by atoms with Crippen LogP contribution in [0.15, 0.2) is 24.0 Å². The van der Waals surface area contributed by atoms with E-state index in [-0.39, 0.29) is 18.9 Å². The lowest BCUT2D eigenvalue weighted by atomic mass is 10.4. The molecule has 0 bridgehead atoms. The zero-order valence-corrected chi connectivity index (χ0v) is 9.13. The summed E-state index contributed by atoms with van der Waals surface area (Å²) in [4.78, 5) is 22.8. The van der Waals surface area contributed by atoms with Crippen LogP contribution >= 0.6 is 0 Å². The minimum absolute atomic E-state index is 0.0744. The second-order valence-corrected chi connectivity index (χ2v) is 2.97. The van der Waals surface area contributed by atoms with Crippen molar-refractivity contribution in [3.63, 3.8) is 0 Å². The zero-order chi connectivity index (χ0) is 12.2. The van der Waals surface area contributed by atoms with Gasteiger partial charge >= 0.3 is 12.1 Å². The molecule has 0 aromatic carbocycles. The Bertz CT molecular complexity index is 360. The molecule has 0 aliphatic carbocycles. The molecule has 1 radical (unpaired) electrons. The first-order valence-electron chi connectivity index (χ1n) is 4.90. The minimum Gasteiger partial charge on any atom is -0.458 e. The van der Waals surface area contributed by atoms with Crippen LogP contribution in [-0.4, -0.2) is 29.9 Å². The molecule has 1 heterocycles. The van der Waals surface area contributed by atoms with Gasteiger partial charge in [-0.2, -0.15) is 4.79 Å². The number of ether oxygens (including phenoxy) is 2. The molecule has 1 unspecified atom stereocenters. The third-order valence-electron chi connectivity index (χ3n) is 1.93. The fraction of sp³-hybridized carbons (Fsp3) is 0.400. The molecule has 0 aromatic rings. The van der Waals surface area contributed by atoms with E-state index in [9.17, 15) is 14.8 Å². The van der Waals surface area contributed by atoms with E-state index in [1.165, 1.54) is 12.2 Å². The third kappa shape index (κ3) is 2.12. The van der Waals surface area contributed by atoms with Crippen molar-refractivity contribution in [1.82, 2.24) is 0 Å². The van der Waals surface area contributed by atoms with Gasteiger partial charge < -0.3 is 9.47 Å². The van der Waals surface area contributed by atoms with E-state index < -0.39 is 16.7 Å². The van der Waals surface area contributed by atoms with Gasteiger partial charge in [0.2, 0.25) is 0 Å². The highest BCUT2D eigenvalue weighted by atomic mass is 16.7. The Hall–Kier alpha value is -1.66. The maximum absolute atomic E-state index is 12.0. The van der Waals surface area contributed by atoms with E-state index in [0.717, 1.165) is 6.20 Å². The summed E-state index contributed by atoms with van der Waals surface area (Å²) in [5.74, 6) is -0.810. The van der Waals surface area contributed by atoms with E-state index in [1.54, 1.807) is 13.8 Å². The molecular weight excluding hydrogens is 214 g/mol. The number of hydrogen-bond donors (Lipinski definition) is 0. The molecule has 87 valence electrons. The van der Waals surface area contributed by atoms with Crippen molar-refractivity contribution >= 4 is 12.1 Å². The Kier molecular flexibility index (Phi) is 3.81. The molecule has 16 heavy (non-hydrogen) atoms. The molecule has 0 saturated heterocycles. The quantitative estimate of drug-likeness (QED) is 0.537. The maximum atomic E-state index is 12.0. The Labute approximate surface area is 92.9 Å². The number of carbonyl (C=O) groups excluding carboxylic acids is 2. The molecular formula is C10H13NO5+. The van der Waals surface area contributed by atoms with E-state index in [4.69, 9.17) is 0 Å². The Morgan fingerprint density at radius 3 is 2.44 bits per heavy atom. The Balaban J connectivity index is 2.88. The van der Waals surface area contributed by atoms with Gasteiger partial charge in [-0.3, -0.25) is 0 Å². The topological polar surface area (TPSA) is 72.5 Å². The molecule has 0 saturated carbocycles. The zero-order valence-electron chi connectivity index (χ0n) is 9.13. The van der Waals surface area contributed by atoms with Gasteiger partial charge in [0.05, 0.1) is 13.2 Å². The van der Waals surface area contributed by atoms with Crippen LogP contribution in [0.1, 0.15) is 13.8 Å².